The summed E-state index contributed by atoms with van der Waals surface area (Å²) in [5, 5.41) is 0.919. The Bertz CT molecular complexity index is 948. The largest absolute Gasteiger partial charge is 0.493 e. The van der Waals surface area contributed by atoms with E-state index in [9.17, 15) is 9.59 Å². The van der Waals surface area contributed by atoms with Gasteiger partial charge < -0.3 is 14.5 Å². The van der Waals surface area contributed by atoms with Gasteiger partial charge in [0, 0.05) is 16.5 Å². The molecule has 0 spiro atoms. The van der Waals surface area contributed by atoms with Crippen LogP contribution in [-0.2, 0) is 0 Å². The molecule has 0 aliphatic rings. The SMILES string of the molecule is CCCCOc1ccc(C(=O)NNC(=O)c2cc3ccccc3[nH]2)cc1OC. The summed E-state index contributed by atoms with van der Waals surface area (Å²) in [4.78, 5) is 27.6. The number of aromatic amines is 1. The lowest BCUT2D eigenvalue weighted by Crippen LogP contribution is -2.41. The number of carbonyl (C=O) groups excluding carboxylic acids is 2. The minimum atomic E-state index is -0.456. The van der Waals surface area contributed by atoms with Crippen LogP contribution in [0.15, 0.2) is 48.5 Å². The molecular formula is C21H23N3O4. The fourth-order valence-electron chi connectivity index (χ4n) is 2.70. The Balaban J connectivity index is 1.63. The van der Waals surface area contributed by atoms with E-state index in [1.807, 2.05) is 24.3 Å². The van der Waals surface area contributed by atoms with Crippen molar-refractivity contribution in [3.8, 4) is 11.5 Å². The number of nitrogens with one attached hydrogen (secondary N) is 3. The lowest BCUT2D eigenvalue weighted by Gasteiger charge is -2.12. The average Bonchev–Trinajstić information content (AvgIpc) is 3.16. The van der Waals surface area contributed by atoms with E-state index in [-0.39, 0.29) is 0 Å². The Morgan fingerprint density at radius 3 is 2.54 bits per heavy atom. The van der Waals surface area contributed by atoms with E-state index in [1.54, 1.807) is 24.3 Å². The molecule has 0 saturated heterocycles. The average molecular weight is 381 g/mol. The van der Waals surface area contributed by atoms with E-state index < -0.39 is 11.8 Å². The van der Waals surface area contributed by atoms with Crippen molar-refractivity contribution < 1.29 is 19.1 Å². The van der Waals surface area contributed by atoms with E-state index in [0.29, 0.717) is 29.4 Å². The van der Waals surface area contributed by atoms with Gasteiger partial charge in [0.15, 0.2) is 11.5 Å². The van der Waals surface area contributed by atoms with Crippen LogP contribution in [0.5, 0.6) is 11.5 Å². The van der Waals surface area contributed by atoms with E-state index in [4.69, 9.17) is 9.47 Å². The zero-order valence-electron chi connectivity index (χ0n) is 15.9. The van der Waals surface area contributed by atoms with Crippen molar-refractivity contribution in [1.82, 2.24) is 15.8 Å². The number of carbonyl (C=O) groups is 2. The van der Waals surface area contributed by atoms with Crippen molar-refractivity contribution in [1.29, 1.82) is 0 Å². The van der Waals surface area contributed by atoms with Gasteiger partial charge >= 0.3 is 0 Å². The van der Waals surface area contributed by atoms with Crippen LogP contribution in [-0.4, -0.2) is 30.5 Å². The van der Waals surface area contributed by atoms with Gasteiger partial charge in [0.2, 0.25) is 0 Å². The standard InChI is InChI=1S/C21H23N3O4/c1-3-4-11-28-18-10-9-15(13-19(18)27-2)20(25)23-24-21(26)17-12-14-7-5-6-8-16(14)22-17/h5-10,12-13,22H,3-4,11H2,1-2H3,(H,23,25)(H,24,26). The van der Waals surface area contributed by atoms with Gasteiger partial charge in [-0.2, -0.15) is 0 Å². The van der Waals surface area contributed by atoms with Gasteiger partial charge in [-0.15, -0.1) is 0 Å². The summed E-state index contributed by atoms with van der Waals surface area (Å²) in [6.07, 6.45) is 1.96. The van der Waals surface area contributed by atoms with E-state index in [1.165, 1.54) is 7.11 Å². The summed E-state index contributed by atoms with van der Waals surface area (Å²) in [6.45, 7) is 2.66. The molecule has 0 radical (unpaired) electrons. The highest BCUT2D eigenvalue weighted by molar-refractivity contribution is 6.01. The third-order valence-corrected chi connectivity index (χ3v) is 4.25. The summed E-state index contributed by atoms with van der Waals surface area (Å²) in [5.74, 6) is 0.152. The minimum absolute atomic E-state index is 0.344. The zero-order valence-corrected chi connectivity index (χ0v) is 15.9. The normalized spacial score (nSPS) is 10.5. The number of H-pyrrole nitrogens is 1. The molecule has 7 nitrogen and oxygen atoms in total. The van der Waals surface area contributed by atoms with Crippen LogP contribution in [0.25, 0.3) is 10.9 Å². The molecule has 0 saturated carbocycles. The highest BCUT2D eigenvalue weighted by atomic mass is 16.5. The Labute approximate surface area is 163 Å². The molecule has 2 aromatic carbocycles. The number of para-hydroxylation sites is 1. The number of ether oxygens (including phenoxy) is 2. The molecule has 1 aromatic heterocycles. The Hall–Kier alpha value is -3.48. The van der Waals surface area contributed by atoms with Crippen LogP contribution in [0.1, 0.15) is 40.6 Å². The molecule has 1 heterocycles. The second kappa shape index (κ2) is 8.94. The highest BCUT2D eigenvalue weighted by Gasteiger charge is 2.14. The maximum atomic E-state index is 12.4. The molecule has 0 aliphatic carbocycles. The lowest BCUT2D eigenvalue weighted by molar-refractivity contribution is 0.0844. The van der Waals surface area contributed by atoms with Crippen LogP contribution in [0.4, 0.5) is 0 Å². The Morgan fingerprint density at radius 1 is 1.00 bits per heavy atom. The Morgan fingerprint density at radius 2 is 1.79 bits per heavy atom. The van der Waals surface area contributed by atoms with Gasteiger partial charge in [-0.3, -0.25) is 20.4 Å². The van der Waals surface area contributed by atoms with Crippen molar-refractivity contribution in [2.24, 2.45) is 0 Å². The molecule has 0 atom stereocenters. The molecule has 2 amide bonds. The number of amides is 2. The monoisotopic (exact) mass is 381 g/mol. The fraction of sp³-hybridized carbons (Fsp3) is 0.238. The predicted octanol–water partition coefficient (Wildman–Crippen LogP) is 3.43. The molecule has 0 fully saturated rings. The molecule has 28 heavy (non-hydrogen) atoms. The summed E-state index contributed by atoms with van der Waals surface area (Å²) in [7, 11) is 1.52. The van der Waals surface area contributed by atoms with Crippen LogP contribution in [0.3, 0.4) is 0 Å². The number of fused-ring (bicyclic) bond motifs is 1. The van der Waals surface area contributed by atoms with Crippen molar-refractivity contribution in [3.63, 3.8) is 0 Å². The van der Waals surface area contributed by atoms with E-state index in [2.05, 4.69) is 22.8 Å². The maximum absolute atomic E-state index is 12.4. The van der Waals surface area contributed by atoms with Crippen LogP contribution in [0.2, 0.25) is 0 Å². The first kappa shape index (κ1) is 19.3. The second-order valence-electron chi connectivity index (χ2n) is 6.25. The molecule has 0 aliphatic heterocycles. The van der Waals surface area contributed by atoms with E-state index >= 15 is 0 Å². The van der Waals surface area contributed by atoms with Crippen molar-refractivity contribution in [3.05, 3.63) is 59.8 Å². The molecular weight excluding hydrogens is 358 g/mol. The highest BCUT2D eigenvalue weighted by Crippen LogP contribution is 2.28. The summed E-state index contributed by atoms with van der Waals surface area (Å²) in [6, 6.07) is 14.2. The number of hydrogen-bond donors (Lipinski definition) is 3. The number of unbranched alkanes of at least 4 members (excludes halogenated alkanes) is 1. The van der Waals surface area contributed by atoms with Gasteiger partial charge in [-0.05, 0) is 36.8 Å². The van der Waals surface area contributed by atoms with Gasteiger partial charge in [0.25, 0.3) is 11.8 Å². The molecule has 3 N–H and O–H groups in total. The first-order valence-electron chi connectivity index (χ1n) is 9.11. The number of hydrazine groups is 1. The smallest absolute Gasteiger partial charge is 0.286 e. The minimum Gasteiger partial charge on any atom is -0.493 e. The third-order valence-electron chi connectivity index (χ3n) is 4.25. The molecule has 146 valence electrons. The third kappa shape index (κ3) is 4.43. The Kier molecular flexibility index (Phi) is 6.16. The molecule has 3 rings (SSSR count). The summed E-state index contributed by atoms with van der Waals surface area (Å²) < 4.78 is 11.0. The van der Waals surface area contributed by atoms with E-state index in [0.717, 1.165) is 23.7 Å². The van der Waals surface area contributed by atoms with Crippen LogP contribution in [0, 0.1) is 0 Å². The van der Waals surface area contributed by atoms with Gasteiger partial charge in [0.05, 0.1) is 13.7 Å². The number of hydrogen-bond acceptors (Lipinski definition) is 4. The molecule has 0 unspecified atom stereocenters. The molecule has 0 bridgehead atoms. The predicted molar refractivity (Wildman–Crippen MR) is 107 cm³/mol. The maximum Gasteiger partial charge on any atom is 0.286 e. The van der Waals surface area contributed by atoms with Crippen molar-refractivity contribution in [2.75, 3.05) is 13.7 Å². The van der Waals surface area contributed by atoms with Crippen LogP contribution < -0.4 is 20.3 Å². The van der Waals surface area contributed by atoms with Crippen molar-refractivity contribution in [2.45, 2.75) is 19.8 Å². The number of benzene rings is 2. The first-order chi connectivity index (χ1) is 13.6. The first-order valence-corrected chi connectivity index (χ1v) is 9.11. The van der Waals surface area contributed by atoms with Crippen LogP contribution >= 0.6 is 0 Å². The van der Waals surface area contributed by atoms with Gasteiger partial charge in [0.1, 0.15) is 5.69 Å². The number of aromatic nitrogens is 1. The quantitative estimate of drug-likeness (QED) is 0.432. The topological polar surface area (TPSA) is 92.5 Å². The summed E-state index contributed by atoms with van der Waals surface area (Å²) in [5.41, 5.74) is 6.37. The number of rotatable bonds is 7. The zero-order chi connectivity index (χ0) is 19.9. The second-order valence-corrected chi connectivity index (χ2v) is 6.25. The fourth-order valence-corrected chi connectivity index (χ4v) is 2.70. The summed E-state index contributed by atoms with van der Waals surface area (Å²) >= 11 is 0. The van der Waals surface area contributed by atoms with Gasteiger partial charge in [-0.1, -0.05) is 31.5 Å². The molecule has 3 aromatic rings. The number of methoxy groups -OCH3 is 1. The lowest BCUT2D eigenvalue weighted by atomic mass is 10.2. The van der Waals surface area contributed by atoms with Crippen molar-refractivity contribution >= 4 is 22.7 Å². The van der Waals surface area contributed by atoms with Gasteiger partial charge in [-0.25, -0.2) is 0 Å². The molecule has 7 heteroatoms.